The van der Waals surface area contributed by atoms with E-state index in [0.717, 1.165) is 5.56 Å². The van der Waals surface area contributed by atoms with Crippen molar-refractivity contribution in [1.29, 1.82) is 0 Å². The molecule has 0 saturated carbocycles. The van der Waals surface area contributed by atoms with Crippen LogP contribution in [0.4, 0.5) is 15.8 Å². The maximum atomic E-state index is 13.6. The predicted molar refractivity (Wildman–Crippen MR) is 115 cm³/mol. The van der Waals surface area contributed by atoms with Crippen molar-refractivity contribution in [3.05, 3.63) is 111 Å². The molecule has 1 saturated heterocycles. The van der Waals surface area contributed by atoms with Gasteiger partial charge in [-0.25, -0.2) is 4.39 Å². The van der Waals surface area contributed by atoms with E-state index >= 15 is 0 Å². The molecular weight excluding hydrogens is 415 g/mol. The average Bonchev–Trinajstić information content (AvgIpc) is 3.05. The summed E-state index contributed by atoms with van der Waals surface area (Å²) in [6, 6.07) is 16.2. The van der Waals surface area contributed by atoms with Gasteiger partial charge in [0.25, 0.3) is 17.4 Å². The molecule has 4 rings (SSSR count). The number of nitro groups is 1. The summed E-state index contributed by atoms with van der Waals surface area (Å²) in [5, 5.41) is 21.9. The fourth-order valence-corrected chi connectivity index (χ4v) is 3.66. The van der Waals surface area contributed by atoms with Gasteiger partial charge in [0.2, 0.25) is 0 Å². The Hall–Kier alpha value is -4.33. The van der Waals surface area contributed by atoms with E-state index in [2.05, 4.69) is 0 Å². The minimum Gasteiger partial charge on any atom is -0.507 e. The number of aliphatic hydroxyl groups excluding tert-OH is 1. The number of carbonyl (C=O) groups excluding carboxylic acids is 2. The SMILES string of the molecule is Cc1ccc(N2C(=O)C(=O)/C(=C(\O)c3ccc([N+](=O)[O-])cc3)C2c2ccc(F)cc2)cc1. The molecular formula is C24H17FN2O5. The van der Waals surface area contributed by atoms with Crippen molar-refractivity contribution in [2.75, 3.05) is 4.90 Å². The largest absolute Gasteiger partial charge is 0.507 e. The Bertz CT molecular complexity index is 1250. The molecule has 3 aromatic carbocycles. The second kappa shape index (κ2) is 8.07. The van der Waals surface area contributed by atoms with E-state index in [1.807, 2.05) is 6.92 Å². The van der Waals surface area contributed by atoms with Crippen LogP contribution in [-0.2, 0) is 9.59 Å². The Morgan fingerprint density at radius 1 is 0.969 bits per heavy atom. The van der Waals surface area contributed by atoms with E-state index in [1.54, 1.807) is 24.3 Å². The lowest BCUT2D eigenvalue weighted by Gasteiger charge is -2.25. The lowest BCUT2D eigenvalue weighted by Crippen LogP contribution is -2.29. The molecule has 0 bridgehead atoms. The summed E-state index contributed by atoms with van der Waals surface area (Å²) >= 11 is 0. The monoisotopic (exact) mass is 432 g/mol. The molecule has 160 valence electrons. The molecule has 0 aliphatic carbocycles. The van der Waals surface area contributed by atoms with Gasteiger partial charge in [-0.15, -0.1) is 0 Å². The number of rotatable bonds is 4. The molecule has 32 heavy (non-hydrogen) atoms. The van der Waals surface area contributed by atoms with Gasteiger partial charge < -0.3 is 5.11 Å². The molecule has 0 spiro atoms. The van der Waals surface area contributed by atoms with E-state index in [4.69, 9.17) is 0 Å². The summed E-state index contributed by atoms with van der Waals surface area (Å²) in [7, 11) is 0. The molecule has 1 unspecified atom stereocenters. The zero-order valence-corrected chi connectivity index (χ0v) is 16.9. The van der Waals surface area contributed by atoms with Gasteiger partial charge in [-0.2, -0.15) is 0 Å². The molecule has 1 aliphatic rings. The van der Waals surface area contributed by atoms with Gasteiger partial charge in [0.1, 0.15) is 11.6 Å². The number of ketones is 1. The van der Waals surface area contributed by atoms with Crippen molar-refractivity contribution >= 4 is 28.8 Å². The molecule has 1 amide bonds. The number of nitro benzene ring substituents is 1. The molecule has 3 aromatic rings. The summed E-state index contributed by atoms with van der Waals surface area (Å²) in [6.07, 6.45) is 0. The van der Waals surface area contributed by atoms with Crippen LogP contribution in [0.5, 0.6) is 0 Å². The first-order chi connectivity index (χ1) is 15.3. The Balaban J connectivity index is 1.90. The first-order valence-corrected chi connectivity index (χ1v) is 9.66. The smallest absolute Gasteiger partial charge is 0.300 e. The summed E-state index contributed by atoms with van der Waals surface area (Å²) < 4.78 is 13.6. The molecule has 1 heterocycles. The number of carbonyl (C=O) groups is 2. The van der Waals surface area contributed by atoms with Gasteiger partial charge >= 0.3 is 0 Å². The standard InChI is InChI=1S/C24H17FN2O5/c1-14-2-10-18(11-3-14)26-21(15-4-8-17(25)9-5-15)20(23(29)24(26)30)22(28)16-6-12-19(13-7-16)27(31)32/h2-13,21,28H,1H3/b22-20-. The normalized spacial score (nSPS) is 17.6. The Labute approximate surface area is 182 Å². The van der Waals surface area contributed by atoms with Crippen LogP contribution in [0.1, 0.15) is 22.7 Å². The molecule has 0 radical (unpaired) electrons. The molecule has 8 heteroatoms. The number of hydrogen-bond donors (Lipinski definition) is 1. The van der Waals surface area contributed by atoms with Gasteiger partial charge in [-0.05, 0) is 48.9 Å². The van der Waals surface area contributed by atoms with E-state index < -0.39 is 34.2 Å². The number of nitrogens with zero attached hydrogens (tertiary/aromatic N) is 2. The Morgan fingerprint density at radius 2 is 1.56 bits per heavy atom. The molecule has 0 aromatic heterocycles. The number of aliphatic hydroxyl groups is 1. The van der Waals surface area contributed by atoms with Crippen molar-refractivity contribution in [1.82, 2.24) is 0 Å². The topological polar surface area (TPSA) is 101 Å². The summed E-state index contributed by atoms with van der Waals surface area (Å²) in [5.74, 6) is -2.71. The Morgan fingerprint density at radius 3 is 2.12 bits per heavy atom. The second-order valence-electron chi connectivity index (χ2n) is 7.36. The van der Waals surface area contributed by atoms with Gasteiger partial charge in [-0.3, -0.25) is 24.6 Å². The summed E-state index contributed by atoms with van der Waals surface area (Å²) in [5.41, 5.74) is 1.59. The minimum absolute atomic E-state index is 0.143. The minimum atomic E-state index is -1.01. The van der Waals surface area contributed by atoms with E-state index in [0.29, 0.717) is 11.3 Å². The molecule has 1 aliphatic heterocycles. The molecule has 1 atom stereocenters. The first kappa shape index (κ1) is 20.9. The summed E-state index contributed by atoms with van der Waals surface area (Å²) in [4.78, 5) is 37.6. The number of aryl methyl sites for hydroxylation is 1. The predicted octanol–water partition coefficient (Wildman–Crippen LogP) is 4.67. The third kappa shape index (κ3) is 3.62. The highest BCUT2D eigenvalue weighted by Crippen LogP contribution is 2.42. The van der Waals surface area contributed by atoms with Crippen LogP contribution in [0.15, 0.2) is 78.4 Å². The van der Waals surface area contributed by atoms with Crippen molar-refractivity contribution in [3.63, 3.8) is 0 Å². The zero-order valence-electron chi connectivity index (χ0n) is 16.9. The second-order valence-corrected chi connectivity index (χ2v) is 7.36. The highest BCUT2D eigenvalue weighted by Gasteiger charge is 2.46. The van der Waals surface area contributed by atoms with Crippen molar-refractivity contribution in [2.45, 2.75) is 13.0 Å². The average molecular weight is 432 g/mol. The van der Waals surface area contributed by atoms with Crippen LogP contribution in [0.3, 0.4) is 0 Å². The fraction of sp³-hybridized carbons (Fsp3) is 0.0833. The molecule has 7 nitrogen and oxygen atoms in total. The maximum Gasteiger partial charge on any atom is 0.300 e. The van der Waals surface area contributed by atoms with Crippen molar-refractivity contribution in [3.8, 4) is 0 Å². The number of anilines is 1. The maximum absolute atomic E-state index is 13.6. The third-order valence-corrected chi connectivity index (χ3v) is 5.29. The number of hydrogen-bond acceptors (Lipinski definition) is 5. The zero-order chi connectivity index (χ0) is 23.0. The Kier molecular flexibility index (Phi) is 5.28. The summed E-state index contributed by atoms with van der Waals surface area (Å²) in [6.45, 7) is 1.88. The first-order valence-electron chi connectivity index (χ1n) is 9.66. The van der Waals surface area contributed by atoms with Gasteiger partial charge in [0, 0.05) is 23.4 Å². The van der Waals surface area contributed by atoms with Crippen molar-refractivity contribution in [2.24, 2.45) is 0 Å². The lowest BCUT2D eigenvalue weighted by atomic mass is 9.95. The fourth-order valence-electron chi connectivity index (χ4n) is 3.66. The molecule has 1 N–H and O–H groups in total. The number of amides is 1. The van der Waals surface area contributed by atoms with E-state index in [1.165, 1.54) is 53.4 Å². The lowest BCUT2D eigenvalue weighted by molar-refractivity contribution is -0.384. The van der Waals surface area contributed by atoms with Crippen molar-refractivity contribution < 1.29 is 24.0 Å². The van der Waals surface area contributed by atoms with Crippen LogP contribution < -0.4 is 4.90 Å². The van der Waals surface area contributed by atoms with Gasteiger partial charge in [0.05, 0.1) is 16.5 Å². The van der Waals surface area contributed by atoms with Gasteiger partial charge in [0.15, 0.2) is 0 Å². The number of benzene rings is 3. The van der Waals surface area contributed by atoms with Crippen LogP contribution in [0.25, 0.3) is 5.76 Å². The van der Waals surface area contributed by atoms with Gasteiger partial charge in [-0.1, -0.05) is 29.8 Å². The van der Waals surface area contributed by atoms with E-state index in [9.17, 15) is 29.2 Å². The van der Waals surface area contributed by atoms with Crippen LogP contribution in [0.2, 0.25) is 0 Å². The van der Waals surface area contributed by atoms with Crippen LogP contribution in [0, 0.1) is 22.9 Å². The van der Waals surface area contributed by atoms with Crippen LogP contribution >= 0.6 is 0 Å². The number of Topliss-reactive ketones (excluding diaryl/α,β-unsaturated/α-hetero) is 1. The number of non-ortho nitro benzene ring substituents is 1. The quantitative estimate of drug-likeness (QED) is 0.212. The molecule has 1 fully saturated rings. The highest BCUT2D eigenvalue weighted by atomic mass is 19.1. The van der Waals surface area contributed by atoms with Crippen LogP contribution in [-0.4, -0.2) is 21.7 Å². The number of halogens is 1. The third-order valence-electron chi connectivity index (χ3n) is 5.29. The highest BCUT2D eigenvalue weighted by molar-refractivity contribution is 6.51. The van der Waals surface area contributed by atoms with E-state index in [-0.39, 0.29) is 16.8 Å².